The Labute approximate surface area is 181 Å². The molecule has 0 saturated carbocycles. The quantitative estimate of drug-likeness (QED) is 0.620. The first-order chi connectivity index (χ1) is 14.7. The lowest BCUT2D eigenvalue weighted by molar-refractivity contribution is 0.0929. The number of methoxy groups -OCH3 is 1. The second kappa shape index (κ2) is 9.32. The first-order valence-corrected chi connectivity index (χ1v) is 10.5. The summed E-state index contributed by atoms with van der Waals surface area (Å²) in [6, 6.07) is 17.5. The summed E-state index contributed by atoms with van der Waals surface area (Å²) < 4.78 is 7.06. The van der Waals surface area contributed by atoms with Crippen LogP contribution in [0.15, 0.2) is 60.8 Å². The highest BCUT2D eigenvalue weighted by atomic mass is 35.5. The molecular weight excluding hydrogens is 400 g/mol. The van der Waals surface area contributed by atoms with Crippen molar-refractivity contribution in [2.24, 2.45) is 0 Å². The van der Waals surface area contributed by atoms with E-state index in [0.29, 0.717) is 12.3 Å². The lowest BCUT2D eigenvalue weighted by atomic mass is 10.1. The van der Waals surface area contributed by atoms with Crippen LogP contribution in [0.3, 0.4) is 0 Å². The zero-order chi connectivity index (χ0) is 20.9. The molecule has 1 aromatic heterocycles. The van der Waals surface area contributed by atoms with Gasteiger partial charge in [-0.15, -0.1) is 0 Å². The molecule has 1 atom stereocenters. The van der Waals surface area contributed by atoms with Crippen molar-refractivity contribution in [2.75, 3.05) is 26.7 Å². The van der Waals surface area contributed by atoms with Gasteiger partial charge in [-0.1, -0.05) is 48.0 Å². The smallest absolute Gasteiger partial charge is 0.275 e. The van der Waals surface area contributed by atoms with Gasteiger partial charge < -0.3 is 10.1 Å². The number of para-hydroxylation sites is 1. The van der Waals surface area contributed by atoms with Crippen molar-refractivity contribution in [3.05, 3.63) is 77.1 Å². The highest BCUT2D eigenvalue weighted by Gasteiger charge is 2.27. The molecule has 1 saturated heterocycles. The van der Waals surface area contributed by atoms with Crippen LogP contribution in [0.1, 0.15) is 34.9 Å². The standard InChI is InChI=1S/C23H25ClN4O2/c1-30-21-16-28(17-9-3-2-4-10-17)26-22(21)23(29)25-15-20(27-13-7-8-14-27)18-11-5-6-12-19(18)24/h2-6,9-12,16,20H,7-8,13-15H2,1H3,(H,25,29). The molecule has 0 spiro atoms. The molecule has 1 amide bonds. The van der Waals surface area contributed by atoms with E-state index in [-0.39, 0.29) is 17.6 Å². The van der Waals surface area contributed by atoms with Gasteiger partial charge in [0, 0.05) is 11.6 Å². The zero-order valence-electron chi connectivity index (χ0n) is 16.9. The highest BCUT2D eigenvalue weighted by Crippen LogP contribution is 2.30. The van der Waals surface area contributed by atoms with Crippen LogP contribution in [-0.4, -0.2) is 47.3 Å². The molecule has 0 aliphatic carbocycles. The molecular formula is C23H25ClN4O2. The second-order valence-electron chi connectivity index (χ2n) is 7.32. The molecule has 0 bridgehead atoms. The van der Waals surface area contributed by atoms with Gasteiger partial charge >= 0.3 is 0 Å². The Morgan fingerprint density at radius 2 is 1.83 bits per heavy atom. The van der Waals surface area contributed by atoms with E-state index in [1.807, 2.05) is 54.6 Å². The van der Waals surface area contributed by atoms with E-state index in [0.717, 1.165) is 42.2 Å². The summed E-state index contributed by atoms with van der Waals surface area (Å²) in [6.07, 6.45) is 4.03. The summed E-state index contributed by atoms with van der Waals surface area (Å²) in [4.78, 5) is 15.4. The number of carbonyl (C=O) groups is 1. The van der Waals surface area contributed by atoms with E-state index < -0.39 is 0 Å². The average Bonchev–Trinajstić information content (AvgIpc) is 3.46. The molecule has 6 nitrogen and oxygen atoms in total. The van der Waals surface area contributed by atoms with Gasteiger partial charge in [0.05, 0.1) is 25.0 Å². The average molecular weight is 425 g/mol. The van der Waals surface area contributed by atoms with Crippen LogP contribution >= 0.6 is 11.6 Å². The fraction of sp³-hybridized carbons (Fsp3) is 0.304. The number of benzene rings is 2. The van der Waals surface area contributed by atoms with E-state index in [4.69, 9.17) is 16.3 Å². The van der Waals surface area contributed by atoms with Gasteiger partial charge in [0.2, 0.25) is 0 Å². The third-order valence-corrected chi connectivity index (χ3v) is 5.78. The van der Waals surface area contributed by atoms with Gasteiger partial charge in [-0.05, 0) is 49.7 Å². The van der Waals surface area contributed by atoms with Crippen LogP contribution in [0.4, 0.5) is 0 Å². The first kappa shape index (κ1) is 20.4. The van der Waals surface area contributed by atoms with Crippen molar-refractivity contribution in [3.63, 3.8) is 0 Å². The summed E-state index contributed by atoms with van der Waals surface area (Å²) in [5, 5.41) is 8.22. The molecule has 1 fully saturated rings. The number of carbonyl (C=O) groups excluding carboxylic acids is 1. The minimum absolute atomic E-state index is 0.0207. The van der Waals surface area contributed by atoms with Crippen LogP contribution in [-0.2, 0) is 0 Å². The number of nitrogens with zero attached hydrogens (tertiary/aromatic N) is 3. The molecule has 4 rings (SSSR count). The number of hydrogen-bond acceptors (Lipinski definition) is 4. The molecule has 2 aromatic carbocycles. The molecule has 1 aliphatic rings. The normalized spacial score (nSPS) is 15.1. The lowest BCUT2D eigenvalue weighted by Crippen LogP contribution is -2.37. The van der Waals surface area contributed by atoms with E-state index in [9.17, 15) is 4.79 Å². The van der Waals surface area contributed by atoms with Gasteiger partial charge in [-0.25, -0.2) is 4.68 Å². The number of hydrogen-bond donors (Lipinski definition) is 1. The molecule has 7 heteroatoms. The topological polar surface area (TPSA) is 59.4 Å². The monoisotopic (exact) mass is 424 g/mol. The highest BCUT2D eigenvalue weighted by molar-refractivity contribution is 6.31. The van der Waals surface area contributed by atoms with E-state index >= 15 is 0 Å². The Balaban J connectivity index is 1.54. The summed E-state index contributed by atoms with van der Waals surface area (Å²) in [5.74, 6) is 0.171. The molecule has 1 N–H and O–H groups in total. The maximum atomic E-state index is 13.0. The predicted molar refractivity (Wildman–Crippen MR) is 117 cm³/mol. The molecule has 3 aromatic rings. The lowest BCUT2D eigenvalue weighted by Gasteiger charge is -2.28. The Kier molecular flexibility index (Phi) is 6.35. The number of amides is 1. The number of ether oxygens (including phenoxy) is 1. The van der Waals surface area contributed by atoms with Crippen LogP contribution < -0.4 is 10.1 Å². The largest absolute Gasteiger partial charge is 0.493 e. The van der Waals surface area contributed by atoms with Gasteiger partial charge in [0.15, 0.2) is 11.4 Å². The number of aromatic nitrogens is 2. The maximum absolute atomic E-state index is 13.0. The zero-order valence-corrected chi connectivity index (χ0v) is 17.7. The Bertz CT molecular complexity index is 999. The van der Waals surface area contributed by atoms with Crippen molar-refractivity contribution in [2.45, 2.75) is 18.9 Å². The van der Waals surface area contributed by atoms with Gasteiger partial charge in [-0.2, -0.15) is 5.10 Å². The van der Waals surface area contributed by atoms with Crippen LogP contribution in [0, 0.1) is 0 Å². The molecule has 1 unspecified atom stereocenters. The van der Waals surface area contributed by atoms with Crippen molar-refractivity contribution >= 4 is 17.5 Å². The third kappa shape index (κ3) is 4.35. The van der Waals surface area contributed by atoms with Crippen molar-refractivity contribution in [3.8, 4) is 11.4 Å². The van der Waals surface area contributed by atoms with E-state index in [1.54, 1.807) is 18.0 Å². The first-order valence-electron chi connectivity index (χ1n) is 10.1. The predicted octanol–water partition coefficient (Wildman–Crippen LogP) is 4.10. The number of halogens is 1. The number of likely N-dealkylation sites (tertiary alicyclic amines) is 1. The maximum Gasteiger partial charge on any atom is 0.275 e. The molecule has 30 heavy (non-hydrogen) atoms. The summed E-state index contributed by atoms with van der Waals surface area (Å²) >= 11 is 6.47. The number of nitrogens with one attached hydrogen (secondary N) is 1. The van der Waals surface area contributed by atoms with Gasteiger partial charge in [-0.3, -0.25) is 9.69 Å². The molecule has 156 valence electrons. The van der Waals surface area contributed by atoms with Crippen molar-refractivity contribution < 1.29 is 9.53 Å². The SMILES string of the molecule is COc1cn(-c2ccccc2)nc1C(=O)NCC(c1ccccc1Cl)N1CCCC1. The fourth-order valence-electron chi connectivity index (χ4n) is 3.89. The van der Waals surface area contributed by atoms with E-state index in [1.165, 1.54) is 0 Å². The summed E-state index contributed by atoms with van der Waals surface area (Å²) in [6.45, 7) is 2.44. The molecule has 1 aliphatic heterocycles. The number of rotatable bonds is 7. The van der Waals surface area contributed by atoms with Crippen molar-refractivity contribution in [1.82, 2.24) is 20.0 Å². The minimum Gasteiger partial charge on any atom is -0.493 e. The van der Waals surface area contributed by atoms with E-state index in [2.05, 4.69) is 15.3 Å². The fourth-order valence-corrected chi connectivity index (χ4v) is 4.15. The van der Waals surface area contributed by atoms with Crippen LogP contribution in [0.5, 0.6) is 5.75 Å². The molecule has 0 radical (unpaired) electrons. The third-order valence-electron chi connectivity index (χ3n) is 5.44. The second-order valence-corrected chi connectivity index (χ2v) is 7.72. The minimum atomic E-state index is -0.266. The van der Waals surface area contributed by atoms with Crippen LogP contribution in [0.25, 0.3) is 5.69 Å². The Morgan fingerprint density at radius 3 is 2.53 bits per heavy atom. The van der Waals surface area contributed by atoms with Gasteiger partial charge in [0.25, 0.3) is 5.91 Å². The molecule has 2 heterocycles. The summed E-state index contributed by atoms with van der Waals surface area (Å²) in [7, 11) is 1.54. The Morgan fingerprint density at radius 1 is 1.13 bits per heavy atom. The summed E-state index contributed by atoms with van der Waals surface area (Å²) in [5.41, 5.74) is 2.16. The van der Waals surface area contributed by atoms with Crippen molar-refractivity contribution in [1.29, 1.82) is 0 Å². The van der Waals surface area contributed by atoms with Crippen LogP contribution in [0.2, 0.25) is 5.02 Å². The Hall–Kier alpha value is -2.83. The van der Waals surface area contributed by atoms with Gasteiger partial charge in [0.1, 0.15) is 0 Å².